The molecule has 0 radical (unpaired) electrons. The quantitative estimate of drug-likeness (QED) is 0.709. The summed E-state index contributed by atoms with van der Waals surface area (Å²) in [6.07, 6.45) is 0. The van der Waals surface area contributed by atoms with E-state index in [1.165, 1.54) is 23.5 Å². The van der Waals surface area contributed by atoms with Crippen molar-refractivity contribution in [2.45, 2.75) is 10.4 Å². The van der Waals surface area contributed by atoms with Crippen LogP contribution in [0.4, 0.5) is 13.2 Å². The summed E-state index contributed by atoms with van der Waals surface area (Å²) in [6, 6.07) is 4.51. The van der Waals surface area contributed by atoms with Crippen LogP contribution in [0.2, 0.25) is 0 Å². The average molecular weight is 314 g/mol. The van der Waals surface area contributed by atoms with Crippen LogP contribution in [-0.2, 0) is 0 Å². The molecule has 7 heteroatoms. The molecule has 0 spiro atoms. The largest absolute Gasteiger partial charge is 0.446 e. The molecular formula is C8H3BrF3NS2. The Balaban J connectivity index is 2.38. The van der Waals surface area contributed by atoms with Crippen LogP contribution < -0.4 is 0 Å². The molecule has 1 aromatic carbocycles. The van der Waals surface area contributed by atoms with Crippen molar-refractivity contribution in [1.82, 2.24) is 4.98 Å². The smallest absolute Gasteiger partial charge is 0.229 e. The maximum atomic E-state index is 12.1. The van der Waals surface area contributed by atoms with Gasteiger partial charge in [-0.2, -0.15) is 13.2 Å². The number of halogens is 4. The first kappa shape index (κ1) is 11.2. The summed E-state index contributed by atoms with van der Waals surface area (Å²) < 4.78 is 37.7. The lowest BCUT2D eigenvalue weighted by Gasteiger charge is -2.04. The van der Waals surface area contributed by atoms with Crippen LogP contribution in [0.1, 0.15) is 0 Å². The summed E-state index contributed by atoms with van der Waals surface area (Å²) in [5.41, 5.74) is -3.53. The molecule has 0 amide bonds. The van der Waals surface area contributed by atoms with Gasteiger partial charge >= 0.3 is 5.51 Å². The SMILES string of the molecule is FC(F)(F)Sc1ccc2nc(Br)sc2c1. The first-order valence-corrected chi connectivity index (χ1v) is 6.18. The van der Waals surface area contributed by atoms with Gasteiger partial charge in [-0.1, -0.05) is 0 Å². The molecule has 0 bridgehead atoms. The Bertz CT molecular complexity index is 494. The van der Waals surface area contributed by atoms with Gasteiger partial charge in [-0.25, -0.2) is 4.98 Å². The number of nitrogens with zero attached hydrogens (tertiary/aromatic N) is 1. The van der Waals surface area contributed by atoms with Gasteiger partial charge < -0.3 is 0 Å². The second-order valence-corrected chi connectivity index (χ2v) is 6.09. The fraction of sp³-hybridized carbons (Fsp3) is 0.125. The second kappa shape index (κ2) is 3.95. The molecule has 0 aliphatic rings. The van der Waals surface area contributed by atoms with Gasteiger partial charge in [0.05, 0.1) is 10.2 Å². The number of fused-ring (bicyclic) bond motifs is 1. The van der Waals surface area contributed by atoms with Gasteiger partial charge in [-0.3, -0.25) is 0 Å². The molecule has 1 nitrogen and oxygen atoms in total. The summed E-state index contributed by atoms with van der Waals surface area (Å²) in [6.45, 7) is 0. The zero-order valence-corrected chi connectivity index (χ0v) is 10.2. The molecule has 0 aliphatic carbocycles. The van der Waals surface area contributed by atoms with E-state index in [4.69, 9.17) is 0 Å². The van der Waals surface area contributed by atoms with Crippen LogP contribution in [-0.4, -0.2) is 10.5 Å². The normalized spacial score (nSPS) is 12.3. The van der Waals surface area contributed by atoms with E-state index in [1.807, 2.05) is 0 Å². The Morgan fingerprint density at radius 3 is 2.73 bits per heavy atom. The molecule has 0 saturated heterocycles. The zero-order chi connectivity index (χ0) is 11.1. The summed E-state index contributed by atoms with van der Waals surface area (Å²) in [7, 11) is 0. The van der Waals surface area contributed by atoms with Gasteiger partial charge in [0.2, 0.25) is 0 Å². The number of rotatable bonds is 1. The molecule has 0 saturated carbocycles. The van der Waals surface area contributed by atoms with Crippen LogP contribution in [0.5, 0.6) is 0 Å². The highest BCUT2D eigenvalue weighted by Gasteiger charge is 2.29. The third-order valence-corrected chi connectivity index (χ3v) is 3.76. The number of hydrogen-bond acceptors (Lipinski definition) is 3. The summed E-state index contributed by atoms with van der Waals surface area (Å²) >= 11 is 4.39. The third kappa shape index (κ3) is 2.85. The van der Waals surface area contributed by atoms with Gasteiger partial charge in [0.25, 0.3) is 0 Å². The van der Waals surface area contributed by atoms with Crippen LogP contribution in [0.15, 0.2) is 27.0 Å². The van der Waals surface area contributed by atoms with Gasteiger partial charge in [0.1, 0.15) is 0 Å². The van der Waals surface area contributed by atoms with Gasteiger partial charge in [0, 0.05) is 4.90 Å². The number of aromatic nitrogens is 1. The standard InChI is InChI=1S/C8H3BrF3NS2/c9-7-13-5-2-1-4(3-6(5)14-7)15-8(10,11)12/h1-3H. The van der Waals surface area contributed by atoms with Gasteiger partial charge in [-0.05, 0) is 45.9 Å². The van der Waals surface area contributed by atoms with Crippen LogP contribution >= 0.6 is 39.0 Å². The van der Waals surface area contributed by atoms with E-state index in [9.17, 15) is 13.2 Å². The van der Waals surface area contributed by atoms with E-state index < -0.39 is 5.51 Å². The minimum absolute atomic E-state index is 0.112. The van der Waals surface area contributed by atoms with Crippen molar-refractivity contribution in [3.05, 3.63) is 22.1 Å². The third-order valence-electron chi connectivity index (χ3n) is 1.57. The number of benzene rings is 1. The van der Waals surface area contributed by atoms with Crippen LogP contribution in [0, 0.1) is 0 Å². The first-order chi connectivity index (χ1) is 6.94. The lowest BCUT2D eigenvalue weighted by Crippen LogP contribution is -1.98. The summed E-state index contributed by atoms with van der Waals surface area (Å²) in [5.74, 6) is 0. The fourth-order valence-corrected chi connectivity index (χ4v) is 3.17. The average Bonchev–Trinajstić information content (AvgIpc) is 2.40. The molecule has 15 heavy (non-hydrogen) atoms. The van der Waals surface area contributed by atoms with E-state index in [0.717, 1.165) is 4.70 Å². The fourth-order valence-electron chi connectivity index (χ4n) is 1.07. The zero-order valence-electron chi connectivity index (χ0n) is 7.01. The van der Waals surface area contributed by atoms with E-state index in [1.54, 1.807) is 6.07 Å². The molecule has 1 aromatic heterocycles. The molecule has 1 heterocycles. The van der Waals surface area contributed by atoms with Crippen LogP contribution in [0.25, 0.3) is 10.2 Å². The van der Waals surface area contributed by atoms with Crippen molar-refractivity contribution >= 4 is 49.2 Å². The maximum Gasteiger partial charge on any atom is 0.446 e. The highest BCUT2D eigenvalue weighted by molar-refractivity contribution is 9.11. The summed E-state index contributed by atoms with van der Waals surface area (Å²) in [5, 5.41) is 0. The van der Waals surface area contributed by atoms with Crippen molar-refractivity contribution in [1.29, 1.82) is 0 Å². The van der Waals surface area contributed by atoms with Crippen molar-refractivity contribution in [3.8, 4) is 0 Å². The Morgan fingerprint density at radius 2 is 2.07 bits per heavy atom. The lowest BCUT2D eigenvalue weighted by atomic mass is 10.3. The Labute approximate surface area is 99.8 Å². The van der Waals surface area contributed by atoms with Crippen molar-refractivity contribution in [3.63, 3.8) is 0 Å². The highest BCUT2D eigenvalue weighted by atomic mass is 79.9. The number of alkyl halides is 3. The molecule has 0 unspecified atom stereocenters. The monoisotopic (exact) mass is 313 g/mol. The lowest BCUT2D eigenvalue weighted by molar-refractivity contribution is -0.0328. The Morgan fingerprint density at radius 1 is 1.33 bits per heavy atom. The number of hydrogen-bond donors (Lipinski definition) is 0. The van der Waals surface area contributed by atoms with Crippen molar-refractivity contribution in [2.24, 2.45) is 0 Å². The van der Waals surface area contributed by atoms with Gasteiger partial charge in [0.15, 0.2) is 3.92 Å². The van der Waals surface area contributed by atoms with E-state index in [0.29, 0.717) is 9.43 Å². The Hall–Kier alpha value is -0.270. The Kier molecular flexibility index (Phi) is 2.96. The molecule has 0 fully saturated rings. The predicted octanol–water partition coefficient (Wildman–Crippen LogP) is 4.67. The number of thiazole rings is 1. The molecule has 0 aliphatic heterocycles. The van der Waals surface area contributed by atoms with E-state index in [-0.39, 0.29) is 16.7 Å². The summed E-state index contributed by atoms with van der Waals surface area (Å²) in [4.78, 5) is 4.28. The van der Waals surface area contributed by atoms with Crippen LogP contribution in [0.3, 0.4) is 0 Å². The van der Waals surface area contributed by atoms with Crippen molar-refractivity contribution in [2.75, 3.05) is 0 Å². The minimum Gasteiger partial charge on any atom is -0.229 e. The highest BCUT2D eigenvalue weighted by Crippen LogP contribution is 2.38. The molecule has 2 rings (SSSR count). The topological polar surface area (TPSA) is 12.9 Å². The first-order valence-electron chi connectivity index (χ1n) is 3.76. The van der Waals surface area contributed by atoms with Crippen molar-refractivity contribution < 1.29 is 13.2 Å². The van der Waals surface area contributed by atoms with E-state index >= 15 is 0 Å². The molecule has 2 aromatic rings. The minimum atomic E-state index is -4.24. The molecule has 0 N–H and O–H groups in total. The second-order valence-electron chi connectivity index (χ2n) is 2.64. The molecular weight excluding hydrogens is 311 g/mol. The van der Waals surface area contributed by atoms with Gasteiger partial charge in [-0.15, -0.1) is 11.3 Å². The van der Waals surface area contributed by atoms with E-state index in [2.05, 4.69) is 20.9 Å². The molecule has 80 valence electrons. The molecule has 0 atom stereocenters. The maximum absolute atomic E-state index is 12.1. The number of thioether (sulfide) groups is 1. The predicted molar refractivity (Wildman–Crippen MR) is 59.2 cm³/mol.